The van der Waals surface area contributed by atoms with Gasteiger partial charge >= 0.3 is 0 Å². The second-order valence-electron chi connectivity index (χ2n) is 8.43. The van der Waals surface area contributed by atoms with Gasteiger partial charge in [0.05, 0.1) is 12.1 Å². The molecule has 2 aromatic carbocycles. The summed E-state index contributed by atoms with van der Waals surface area (Å²) in [5.41, 5.74) is 2.11. The van der Waals surface area contributed by atoms with Crippen molar-refractivity contribution in [2.45, 2.75) is 38.5 Å². The molecule has 1 aliphatic carbocycles. The van der Waals surface area contributed by atoms with Gasteiger partial charge in [0.25, 0.3) is 5.95 Å². The van der Waals surface area contributed by atoms with E-state index in [0.29, 0.717) is 10.8 Å². The second-order valence-corrected chi connectivity index (χ2v) is 9.75. The predicted molar refractivity (Wildman–Crippen MR) is 132 cm³/mol. The number of aromatic nitrogens is 4. The number of aromatic amines is 1. The van der Waals surface area contributed by atoms with Crippen molar-refractivity contribution in [1.82, 2.24) is 20.6 Å². The second kappa shape index (κ2) is 9.60. The van der Waals surface area contributed by atoms with E-state index in [0.717, 1.165) is 58.4 Å². The fourth-order valence-electron chi connectivity index (χ4n) is 4.64. The zero-order valence-electron chi connectivity index (χ0n) is 18.8. The van der Waals surface area contributed by atoms with Crippen LogP contribution in [0.15, 0.2) is 35.7 Å². The largest absolute Gasteiger partial charge is 0.496 e. The summed E-state index contributed by atoms with van der Waals surface area (Å²) >= 11 is 8.28. The number of thiophene rings is 1. The smallest absolute Gasteiger partial charge is 0.269 e. The van der Waals surface area contributed by atoms with E-state index < -0.39 is 0 Å². The quantitative estimate of drug-likeness (QED) is 0.334. The standard InChI is InChI=1S/C24H24ClN5O3S/c1-13-9-22-17(11-20(13)32-2)21(12-34-22)33-19-8-7-14(10-18(19)25)15-5-3-4-6-16(15)23(31)26-24-27-29-30-28-24/h7-12,15-16H,3-6H2,1-2H3,(H2,26,27,28,29,30,31). The number of hydrogen-bond acceptors (Lipinski definition) is 7. The summed E-state index contributed by atoms with van der Waals surface area (Å²) in [5.74, 6) is 2.09. The molecule has 34 heavy (non-hydrogen) atoms. The molecule has 8 nitrogen and oxygen atoms in total. The third-order valence-electron chi connectivity index (χ3n) is 6.34. The first-order valence-corrected chi connectivity index (χ1v) is 12.4. The molecule has 0 aliphatic heterocycles. The van der Waals surface area contributed by atoms with Crippen LogP contribution in [0.4, 0.5) is 5.95 Å². The number of ether oxygens (including phenoxy) is 2. The molecule has 0 spiro atoms. The maximum Gasteiger partial charge on any atom is 0.269 e. The molecule has 5 rings (SSSR count). The van der Waals surface area contributed by atoms with Crippen LogP contribution >= 0.6 is 22.9 Å². The first kappa shape index (κ1) is 22.6. The molecule has 2 atom stereocenters. The summed E-state index contributed by atoms with van der Waals surface area (Å²) < 4.78 is 12.8. The number of amides is 1. The van der Waals surface area contributed by atoms with Gasteiger partial charge in [0.15, 0.2) is 0 Å². The van der Waals surface area contributed by atoms with Gasteiger partial charge in [-0.2, -0.15) is 5.21 Å². The molecule has 2 unspecified atom stereocenters. The van der Waals surface area contributed by atoms with Gasteiger partial charge in [0.1, 0.15) is 17.2 Å². The normalized spacial score (nSPS) is 18.1. The fourth-order valence-corrected chi connectivity index (χ4v) is 5.81. The lowest BCUT2D eigenvalue weighted by Crippen LogP contribution is -2.31. The Morgan fingerprint density at radius 3 is 2.79 bits per heavy atom. The van der Waals surface area contributed by atoms with Crippen molar-refractivity contribution < 1.29 is 14.3 Å². The molecule has 2 heterocycles. The Balaban J connectivity index is 1.38. The van der Waals surface area contributed by atoms with Gasteiger partial charge in [-0.15, -0.1) is 16.4 Å². The van der Waals surface area contributed by atoms with Gasteiger partial charge in [-0.3, -0.25) is 10.1 Å². The molecule has 0 bridgehead atoms. The van der Waals surface area contributed by atoms with E-state index in [1.807, 2.05) is 36.6 Å². The summed E-state index contributed by atoms with van der Waals surface area (Å²) in [6, 6.07) is 9.90. The van der Waals surface area contributed by atoms with Crippen LogP contribution in [0.1, 0.15) is 42.7 Å². The molecule has 0 saturated heterocycles. The SMILES string of the molecule is COc1cc2c(Oc3ccc(C4CCCCC4C(=O)Nc4nn[nH]n4)cc3Cl)csc2cc1C. The number of carbonyl (C=O) groups excluding carboxylic acids is 1. The van der Waals surface area contributed by atoms with Gasteiger partial charge in [0, 0.05) is 21.4 Å². The fraction of sp³-hybridized carbons (Fsp3) is 0.333. The topological polar surface area (TPSA) is 102 Å². The molecule has 4 aromatic rings. The Hall–Kier alpha value is -3.17. The molecule has 1 amide bonds. The maximum absolute atomic E-state index is 12.9. The van der Waals surface area contributed by atoms with Crippen LogP contribution in [-0.2, 0) is 4.79 Å². The molecule has 176 valence electrons. The number of aryl methyl sites for hydroxylation is 1. The number of H-pyrrole nitrogens is 1. The van der Waals surface area contributed by atoms with E-state index in [-0.39, 0.29) is 23.7 Å². The molecule has 1 aliphatic rings. The number of rotatable bonds is 6. The molecule has 2 aromatic heterocycles. The van der Waals surface area contributed by atoms with Crippen LogP contribution in [0.5, 0.6) is 17.2 Å². The minimum Gasteiger partial charge on any atom is -0.496 e. The highest BCUT2D eigenvalue weighted by molar-refractivity contribution is 7.17. The number of fused-ring (bicyclic) bond motifs is 1. The number of tetrazole rings is 1. The van der Waals surface area contributed by atoms with E-state index >= 15 is 0 Å². The number of nitrogens with zero attached hydrogens (tertiary/aromatic N) is 3. The number of carbonyl (C=O) groups is 1. The number of anilines is 1. The Labute approximate surface area is 205 Å². The van der Waals surface area contributed by atoms with Crippen molar-refractivity contribution in [2.24, 2.45) is 5.92 Å². The van der Waals surface area contributed by atoms with Gasteiger partial charge < -0.3 is 9.47 Å². The van der Waals surface area contributed by atoms with Crippen molar-refractivity contribution in [2.75, 3.05) is 12.4 Å². The average Bonchev–Trinajstić information content (AvgIpc) is 3.49. The van der Waals surface area contributed by atoms with E-state index in [1.165, 1.54) is 0 Å². The summed E-state index contributed by atoms with van der Waals surface area (Å²) in [6.45, 7) is 2.02. The van der Waals surface area contributed by atoms with Gasteiger partial charge in [-0.05, 0) is 66.3 Å². The van der Waals surface area contributed by atoms with Crippen molar-refractivity contribution in [3.63, 3.8) is 0 Å². The number of methoxy groups -OCH3 is 1. The highest BCUT2D eigenvalue weighted by Gasteiger charge is 2.33. The Morgan fingerprint density at radius 2 is 2.03 bits per heavy atom. The lowest BCUT2D eigenvalue weighted by Gasteiger charge is -2.30. The average molecular weight is 498 g/mol. The Morgan fingerprint density at radius 1 is 1.18 bits per heavy atom. The Kier molecular flexibility index (Phi) is 6.38. The number of halogens is 1. The van der Waals surface area contributed by atoms with Crippen LogP contribution in [0.3, 0.4) is 0 Å². The van der Waals surface area contributed by atoms with Crippen LogP contribution in [0.2, 0.25) is 5.02 Å². The minimum absolute atomic E-state index is 0.0569. The molecule has 1 fully saturated rings. The molecular formula is C24H24ClN5O3S. The number of nitrogens with one attached hydrogen (secondary N) is 2. The highest BCUT2D eigenvalue weighted by Crippen LogP contribution is 2.43. The Bertz CT molecular complexity index is 1320. The highest BCUT2D eigenvalue weighted by atomic mass is 35.5. The van der Waals surface area contributed by atoms with Crippen LogP contribution < -0.4 is 14.8 Å². The van der Waals surface area contributed by atoms with Crippen LogP contribution in [0.25, 0.3) is 10.1 Å². The molecular weight excluding hydrogens is 474 g/mol. The number of benzene rings is 2. The van der Waals surface area contributed by atoms with Gasteiger partial charge in [-0.1, -0.05) is 35.6 Å². The van der Waals surface area contributed by atoms with E-state index in [1.54, 1.807) is 18.4 Å². The van der Waals surface area contributed by atoms with Gasteiger partial charge in [0.2, 0.25) is 5.91 Å². The third kappa shape index (κ3) is 4.45. The lowest BCUT2D eigenvalue weighted by molar-refractivity contribution is -0.121. The van der Waals surface area contributed by atoms with Crippen LogP contribution in [0, 0.1) is 12.8 Å². The summed E-state index contributed by atoms with van der Waals surface area (Å²) in [5, 5.41) is 19.7. The minimum atomic E-state index is -0.188. The monoisotopic (exact) mass is 497 g/mol. The van der Waals surface area contributed by atoms with Crippen molar-refractivity contribution in [3.05, 3.63) is 51.9 Å². The maximum atomic E-state index is 12.9. The van der Waals surface area contributed by atoms with Crippen molar-refractivity contribution in [3.8, 4) is 17.2 Å². The third-order valence-corrected chi connectivity index (χ3v) is 7.56. The van der Waals surface area contributed by atoms with Crippen molar-refractivity contribution >= 4 is 44.9 Å². The van der Waals surface area contributed by atoms with Crippen molar-refractivity contribution in [1.29, 1.82) is 0 Å². The zero-order chi connectivity index (χ0) is 23.7. The predicted octanol–water partition coefficient (Wildman–Crippen LogP) is 6.09. The summed E-state index contributed by atoms with van der Waals surface area (Å²) in [6.07, 6.45) is 3.78. The molecule has 1 saturated carbocycles. The lowest BCUT2D eigenvalue weighted by atomic mass is 9.75. The zero-order valence-corrected chi connectivity index (χ0v) is 20.4. The molecule has 2 N–H and O–H groups in total. The first-order chi connectivity index (χ1) is 16.5. The molecule has 0 radical (unpaired) electrons. The van der Waals surface area contributed by atoms with Crippen LogP contribution in [-0.4, -0.2) is 33.6 Å². The summed E-state index contributed by atoms with van der Waals surface area (Å²) in [4.78, 5) is 12.9. The first-order valence-electron chi connectivity index (χ1n) is 11.1. The van der Waals surface area contributed by atoms with E-state index in [2.05, 4.69) is 32.0 Å². The van der Waals surface area contributed by atoms with E-state index in [9.17, 15) is 4.79 Å². The van der Waals surface area contributed by atoms with E-state index in [4.69, 9.17) is 21.1 Å². The van der Waals surface area contributed by atoms with Gasteiger partial charge in [-0.25, -0.2) is 0 Å². The summed E-state index contributed by atoms with van der Waals surface area (Å²) in [7, 11) is 1.66. The molecule has 10 heteroatoms. The number of hydrogen-bond donors (Lipinski definition) is 2.